The highest BCUT2D eigenvalue weighted by molar-refractivity contribution is 5.98. The Hall–Kier alpha value is -1.85. The van der Waals surface area contributed by atoms with Crippen LogP contribution in [0.1, 0.15) is 5.69 Å². The van der Waals surface area contributed by atoms with Crippen molar-refractivity contribution in [2.24, 2.45) is 0 Å². The Bertz CT molecular complexity index is 370. The standard InChI is InChI=1S/C9H7F3N2O/c1-2-8(15)14-6-3-4-7(13-5-6)9(10,11)12/h2-5H,1H2,(H,14,15). The maximum Gasteiger partial charge on any atom is 0.433 e. The first-order chi connectivity index (χ1) is 6.93. The molecular weight excluding hydrogens is 209 g/mol. The van der Waals surface area contributed by atoms with E-state index in [9.17, 15) is 18.0 Å². The smallest absolute Gasteiger partial charge is 0.321 e. The van der Waals surface area contributed by atoms with E-state index in [1.165, 1.54) is 0 Å². The summed E-state index contributed by atoms with van der Waals surface area (Å²) >= 11 is 0. The minimum atomic E-state index is -4.47. The lowest BCUT2D eigenvalue weighted by molar-refractivity contribution is -0.141. The molecule has 0 atom stereocenters. The Morgan fingerprint density at radius 3 is 2.53 bits per heavy atom. The number of nitrogens with zero attached hydrogens (tertiary/aromatic N) is 1. The number of amides is 1. The molecule has 0 radical (unpaired) electrons. The molecule has 0 aliphatic carbocycles. The van der Waals surface area contributed by atoms with E-state index in [1.807, 2.05) is 0 Å². The zero-order valence-corrected chi connectivity index (χ0v) is 7.51. The first-order valence-electron chi connectivity index (χ1n) is 3.90. The van der Waals surface area contributed by atoms with Crippen molar-refractivity contribution in [3.63, 3.8) is 0 Å². The van der Waals surface area contributed by atoms with Crippen molar-refractivity contribution in [1.82, 2.24) is 4.98 Å². The zero-order chi connectivity index (χ0) is 11.5. The van der Waals surface area contributed by atoms with Crippen molar-refractivity contribution in [3.8, 4) is 0 Å². The molecule has 15 heavy (non-hydrogen) atoms. The lowest BCUT2D eigenvalue weighted by Gasteiger charge is -2.06. The Balaban J connectivity index is 2.81. The predicted octanol–water partition coefficient (Wildman–Crippen LogP) is 2.22. The van der Waals surface area contributed by atoms with Crippen LogP contribution in [0.5, 0.6) is 0 Å². The largest absolute Gasteiger partial charge is 0.433 e. The lowest BCUT2D eigenvalue weighted by atomic mass is 10.3. The number of hydrogen-bond acceptors (Lipinski definition) is 2. The number of carbonyl (C=O) groups is 1. The summed E-state index contributed by atoms with van der Waals surface area (Å²) in [5.74, 6) is -0.503. The normalized spacial score (nSPS) is 10.9. The van der Waals surface area contributed by atoms with Gasteiger partial charge in [-0.2, -0.15) is 13.2 Å². The van der Waals surface area contributed by atoms with E-state index in [1.54, 1.807) is 0 Å². The molecule has 1 heterocycles. The van der Waals surface area contributed by atoms with Crippen LogP contribution >= 0.6 is 0 Å². The SMILES string of the molecule is C=CC(=O)Nc1ccc(C(F)(F)F)nc1. The number of carbonyl (C=O) groups excluding carboxylic acids is 1. The van der Waals surface area contributed by atoms with Crippen LogP contribution in [0, 0.1) is 0 Å². The molecule has 1 aromatic heterocycles. The van der Waals surface area contributed by atoms with Crippen LogP contribution in [0.4, 0.5) is 18.9 Å². The van der Waals surface area contributed by atoms with Crippen molar-refractivity contribution >= 4 is 11.6 Å². The number of alkyl halides is 3. The predicted molar refractivity (Wildman–Crippen MR) is 48.1 cm³/mol. The van der Waals surface area contributed by atoms with Crippen molar-refractivity contribution in [2.45, 2.75) is 6.18 Å². The van der Waals surface area contributed by atoms with E-state index in [0.29, 0.717) is 0 Å². The van der Waals surface area contributed by atoms with E-state index in [0.717, 1.165) is 24.4 Å². The molecular formula is C9H7F3N2O. The number of aromatic nitrogens is 1. The zero-order valence-electron chi connectivity index (χ0n) is 7.51. The van der Waals surface area contributed by atoms with Crippen molar-refractivity contribution < 1.29 is 18.0 Å². The van der Waals surface area contributed by atoms with Crippen molar-refractivity contribution in [1.29, 1.82) is 0 Å². The minimum Gasteiger partial charge on any atom is -0.321 e. The van der Waals surface area contributed by atoms with Gasteiger partial charge in [-0.25, -0.2) is 4.98 Å². The molecule has 0 aromatic carbocycles. The summed E-state index contributed by atoms with van der Waals surface area (Å²) < 4.78 is 36.2. The number of halogens is 3. The first kappa shape index (κ1) is 11.2. The third kappa shape index (κ3) is 3.08. The van der Waals surface area contributed by atoms with Gasteiger partial charge in [0, 0.05) is 0 Å². The van der Waals surface area contributed by atoms with E-state index in [2.05, 4.69) is 16.9 Å². The second-order valence-corrected chi connectivity index (χ2v) is 2.62. The number of nitrogens with one attached hydrogen (secondary N) is 1. The van der Waals surface area contributed by atoms with Gasteiger partial charge in [-0.15, -0.1) is 0 Å². The van der Waals surface area contributed by atoms with Gasteiger partial charge in [-0.1, -0.05) is 6.58 Å². The third-order valence-corrected chi connectivity index (χ3v) is 1.51. The molecule has 0 bridgehead atoms. The van der Waals surface area contributed by atoms with E-state index >= 15 is 0 Å². The molecule has 0 spiro atoms. The molecule has 1 aromatic rings. The minimum absolute atomic E-state index is 0.188. The Kier molecular flexibility index (Phi) is 3.08. The fourth-order valence-corrected chi connectivity index (χ4v) is 0.829. The molecule has 1 rings (SSSR count). The monoisotopic (exact) mass is 216 g/mol. The Morgan fingerprint density at radius 2 is 2.13 bits per heavy atom. The van der Waals surface area contributed by atoms with Crippen LogP contribution in [-0.2, 0) is 11.0 Å². The average Bonchev–Trinajstić information content (AvgIpc) is 2.17. The second-order valence-electron chi connectivity index (χ2n) is 2.62. The van der Waals surface area contributed by atoms with Gasteiger partial charge in [-0.3, -0.25) is 4.79 Å². The molecule has 3 nitrogen and oxygen atoms in total. The quantitative estimate of drug-likeness (QED) is 0.770. The van der Waals surface area contributed by atoms with Gasteiger partial charge < -0.3 is 5.32 Å². The van der Waals surface area contributed by atoms with Crippen LogP contribution in [0.15, 0.2) is 31.0 Å². The fourth-order valence-electron chi connectivity index (χ4n) is 0.829. The van der Waals surface area contributed by atoms with Gasteiger partial charge in [0.25, 0.3) is 0 Å². The van der Waals surface area contributed by atoms with Gasteiger partial charge in [0.15, 0.2) is 0 Å². The van der Waals surface area contributed by atoms with Crippen LogP contribution in [0.3, 0.4) is 0 Å². The Morgan fingerprint density at radius 1 is 1.47 bits per heavy atom. The third-order valence-electron chi connectivity index (χ3n) is 1.51. The average molecular weight is 216 g/mol. The van der Waals surface area contributed by atoms with Gasteiger partial charge in [0.1, 0.15) is 5.69 Å². The molecule has 0 saturated heterocycles. The molecule has 0 unspecified atom stereocenters. The van der Waals surface area contributed by atoms with E-state index in [-0.39, 0.29) is 5.69 Å². The Labute approximate surface area is 83.6 Å². The molecule has 1 N–H and O–H groups in total. The molecule has 6 heteroatoms. The van der Waals surface area contributed by atoms with E-state index < -0.39 is 17.8 Å². The van der Waals surface area contributed by atoms with Crippen molar-refractivity contribution in [3.05, 3.63) is 36.7 Å². The molecule has 80 valence electrons. The van der Waals surface area contributed by atoms with Crippen molar-refractivity contribution in [2.75, 3.05) is 5.32 Å². The summed E-state index contributed by atoms with van der Waals surface area (Å²) in [4.78, 5) is 13.9. The maximum absolute atomic E-state index is 12.1. The van der Waals surface area contributed by atoms with Gasteiger partial charge >= 0.3 is 6.18 Å². The van der Waals surface area contributed by atoms with Gasteiger partial charge in [0.2, 0.25) is 5.91 Å². The van der Waals surface area contributed by atoms with Crippen LogP contribution in [0.2, 0.25) is 0 Å². The molecule has 0 saturated carbocycles. The summed E-state index contributed by atoms with van der Waals surface area (Å²) in [6.45, 7) is 3.20. The highest BCUT2D eigenvalue weighted by Crippen LogP contribution is 2.27. The van der Waals surface area contributed by atoms with Gasteiger partial charge in [-0.05, 0) is 18.2 Å². The summed E-state index contributed by atoms with van der Waals surface area (Å²) in [6, 6.07) is 1.91. The molecule has 0 aliphatic heterocycles. The molecule has 0 fully saturated rings. The highest BCUT2D eigenvalue weighted by Gasteiger charge is 2.31. The van der Waals surface area contributed by atoms with Crippen LogP contribution in [0.25, 0.3) is 0 Å². The molecule has 1 amide bonds. The number of hydrogen-bond donors (Lipinski definition) is 1. The molecule has 0 aliphatic rings. The first-order valence-corrected chi connectivity index (χ1v) is 3.90. The fraction of sp³-hybridized carbons (Fsp3) is 0.111. The highest BCUT2D eigenvalue weighted by atomic mass is 19.4. The van der Waals surface area contributed by atoms with E-state index in [4.69, 9.17) is 0 Å². The topological polar surface area (TPSA) is 42.0 Å². The number of pyridine rings is 1. The van der Waals surface area contributed by atoms with Gasteiger partial charge in [0.05, 0.1) is 11.9 Å². The summed E-state index contributed by atoms with van der Waals surface area (Å²) in [5, 5.41) is 2.28. The summed E-state index contributed by atoms with van der Waals surface area (Å²) in [6.07, 6.45) is -2.52. The number of rotatable bonds is 2. The van der Waals surface area contributed by atoms with Crippen LogP contribution in [-0.4, -0.2) is 10.9 Å². The number of anilines is 1. The summed E-state index contributed by atoms with van der Waals surface area (Å²) in [5.41, 5.74) is -0.813. The second kappa shape index (κ2) is 4.12. The summed E-state index contributed by atoms with van der Waals surface area (Å²) in [7, 11) is 0. The van der Waals surface area contributed by atoms with Crippen LogP contribution < -0.4 is 5.32 Å². The maximum atomic E-state index is 12.1. The lowest BCUT2D eigenvalue weighted by Crippen LogP contribution is -2.10.